The Morgan fingerprint density at radius 3 is 2.55 bits per heavy atom. The topological polar surface area (TPSA) is 12.0 Å². The van der Waals surface area contributed by atoms with Crippen molar-refractivity contribution in [2.24, 2.45) is 5.92 Å². The first kappa shape index (κ1) is 17.7. The first-order valence-corrected chi connectivity index (χ1v) is 9.01. The van der Waals surface area contributed by atoms with Gasteiger partial charge in [-0.1, -0.05) is 73.7 Å². The number of hydrogen-bond donors (Lipinski definition) is 1. The van der Waals surface area contributed by atoms with Crippen molar-refractivity contribution in [1.82, 2.24) is 5.32 Å². The van der Waals surface area contributed by atoms with Crippen molar-refractivity contribution in [2.45, 2.75) is 58.8 Å². The molecular weight excluding hydrogens is 310 g/mol. The summed E-state index contributed by atoms with van der Waals surface area (Å²) >= 11 is 3.68. The van der Waals surface area contributed by atoms with E-state index in [1.54, 1.807) is 0 Å². The molecule has 0 aliphatic carbocycles. The maximum Gasteiger partial charge on any atom is 0.0207 e. The molecule has 1 atom stereocenters. The van der Waals surface area contributed by atoms with Crippen LogP contribution in [0.1, 0.15) is 57.9 Å². The van der Waals surface area contributed by atoms with Gasteiger partial charge in [0, 0.05) is 4.47 Å². The van der Waals surface area contributed by atoms with Crippen molar-refractivity contribution in [3.05, 3.63) is 34.3 Å². The van der Waals surface area contributed by atoms with Gasteiger partial charge in [-0.05, 0) is 49.9 Å². The van der Waals surface area contributed by atoms with Crippen molar-refractivity contribution >= 4 is 15.9 Å². The van der Waals surface area contributed by atoms with Crippen molar-refractivity contribution in [1.29, 1.82) is 0 Å². The van der Waals surface area contributed by atoms with Crippen molar-refractivity contribution < 1.29 is 0 Å². The van der Waals surface area contributed by atoms with E-state index < -0.39 is 0 Å². The van der Waals surface area contributed by atoms with Crippen LogP contribution in [0.2, 0.25) is 0 Å². The third-order valence-corrected chi connectivity index (χ3v) is 4.57. The van der Waals surface area contributed by atoms with Crippen LogP contribution in [-0.4, -0.2) is 13.1 Å². The summed E-state index contributed by atoms with van der Waals surface area (Å²) in [5.74, 6) is 0.761. The fraction of sp³-hybridized carbons (Fsp3) is 0.667. The van der Waals surface area contributed by atoms with Gasteiger partial charge in [0.05, 0.1) is 0 Å². The van der Waals surface area contributed by atoms with Gasteiger partial charge >= 0.3 is 0 Å². The molecule has 2 heteroatoms. The number of hydrogen-bond acceptors (Lipinski definition) is 1. The van der Waals surface area contributed by atoms with E-state index in [-0.39, 0.29) is 0 Å². The van der Waals surface area contributed by atoms with Gasteiger partial charge in [-0.3, -0.25) is 0 Å². The zero-order chi connectivity index (χ0) is 14.6. The van der Waals surface area contributed by atoms with Crippen LogP contribution in [0.15, 0.2) is 28.7 Å². The second-order valence-corrected chi connectivity index (χ2v) is 6.57. The molecule has 0 spiro atoms. The molecule has 114 valence electrons. The standard InChI is InChI=1S/C18H30BrN/c1-3-5-6-7-10-16(15-20-13-4-2)14-17-11-8-9-12-18(17)19/h8-9,11-12,16,20H,3-7,10,13-15H2,1-2H3. The Bertz CT molecular complexity index is 351. The Labute approximate surface area is 133 Å². The Hall–Kier alpha value is -0.340. The normalized spacial score (nSPS) is 12.6. The minimum atomic E-state index is 0.761. The third-order valence-electron chi connectivity index (χ3n) is 3.79. The molecular formula is C18H30BrN. The Kier molecular flexibility index (Phi) is 10.0. The molecule has 0 aliphatic heterocycles. The van der Waals surface area contributed by atoms with E-state index in [4.69, 9.17) is 0 Å². The van der Waals surface area contributed by atoms with Crippen LogP contribution in [0, 0.1) is 5.92 Å². The van der Waals surface area contributed by atoms with Gasteiger partial charge in [0.2, 0.25) is 0 Å². The Balaban J connectivity index is 2.46. The molecule has 1 nitrogen and oxygen atoms in total. The maximum atomic E-state index is 3.68. The number of rotatable bonds is 11. The summed E-state index contributed by atoms with van der Waals surface area (Å²) in [5.41, 5.74) is 1.45. The molecule has 0 saturated carbocycles. The minimum Gasteiger partial charge on any atom is -0.316 e. The molecule has 0 saturated heterocycles. The molecule has 0 aromatic heterocycles. The summed E-state index contributed by atoms with van der Waals surface area (Å²) in [4.78, 5) is 0. The van der Waals surface area contributed by atoms with Crippen LogP contribution in [-0.2, 0) is 6.42 Å². The van der Waals surface area contributed by atoms with Crippen LogP contribution in [0.4, 0.5) is 0 Å². The fourth-order valence-corrected chi connectivity index (χ4v) is 3.04. The van der Waals surface area contributed by atoms with Crippen LogP contribution in [0.3, 0.4) is 0 Å². The van der Waals surface area contributed by atoms with Crippen LogP contribution >= 0.6 is 15.9 Å². The molecule has 0 bridgehead atoms. The van der Waals surface area contributed by atoms with Crippen molar-refractivity contribution in [3.63, 3.8) is 0 Å². The lowest BCUT2D eigenvalue weighted by Gasteiger charge is -2.18. The summed E-state index contributed by atoms with van der Waals surface area (Å²) < 4.78 is 1.26. The van der Waals surface area contributed by atoms with E-state index in [1.807, 2.05) is 0 Å². The lowest BCUT2D eigenvalue weighted by molar-refractivity contribution is 0.421. The highest BCUT2D eigenvalue weighted by Gasteiger charge is 2.11. The van der Waals surface area contributed by atoms with Crippen LogP contribution in [0.25, 0.3) is 0 Å². The van der Waals surface area contributed by atoms with Gasteiger partial charge in [-0.2, -0.15) is 0 Å². The monoisotopic (exact) mass is 339 g/mol. The van der Waals surface area contributed by atoms with Gasteiger partial charge in [-0.15, -0.1) is 0 Å². The molecule has 0 fully saturated rings. The highest BCUT2D eigenvalue weighted by Crippen LogP contribution is 2.22. The van der Waals surface area contributed by atoms with Crippen molar-refractivity contribution in [3.8, 4) is 0 Å². The maximum absolute atomic E-state index is 3.68. The zero-order valence-corrected chi connectivity index (χ0v) is 14.7. The molecule has 1 N–H and O–H groups in total. The summed E-state index contributed by atoms with van der Waals surface area (Å²) in [5, 5.41) is 3.60. The summed E-state index contributed by atoms with van der Waals surface area (Å²) in [6, 6.07) is 8.65. The number of halogens is 1. The Morgan fingerprint density at radius 1 is 1.05 bits per heavy atom. The van der Waals surface area contributed by atoms with E-state index >= 15 is 0 Å². The largest absolute Gasteiger partial charge is 0.316 e. The molecule has 0 aliphatic rings. The molecule has 0 heterocycles. The SMILES string of the molecule is CCCCCCC(CNCCC)Cc1ccccc1Br. The average Bonchev–Trinajstić information content (AvgIpc) is 2.46. The predicted octanol–water partition coefficient (Wildman–Crippen LogP) is 5.58. The van der Waals surface area contributed by atoms with E-state index in [2.05, 4.69) is 59.4 Å². The number of benzene rings is 1. The van der Waals surface area contributed by atoms with E-state index in [0.717, 1.165) is 19.0 Å². The molecule has 20 heavy (non-hydrogen) atoms. The zero-order valence-electron chi connectivity index (χ0n) is 13.1. The molecule has 0 radical (unpaired) electrons. The summed E-state index contributed by atoms with van der Waals surface area (Å²) in [7, 11) is 0. The Morgan fingerprint density at radius 2 is 1.85 bits per heavy atom. The third kappa shape index (κ3) is 7.44. The fourth-order valence-electron chi connectivity index (χ4n) is 2.59. The minimum absolute atomic E-state index is 0.761. The van der Waals surface area contributed by atoms with Crippen LogP contribution < -0.4 is 5.32 Å². The highest BCUT2D eigenvalue weighted by atomic mass is 79.9. The first-order chi connectivity index (χ1) is 9.77. The van der Waals surface area contributed by atoms with Gasteiger partial charge in [0.25, 0.3) is 0 Å². The molecule has 1 aromatic rings. The molecule has 1 unspecified atom stereocenters. The van der Waals surface area contributed by atoms with Crippen molar-refractivity contribution in [2.75, 3.05) is 13.1 Å². The lowest BCUT2D eigenvalue weighted by Crippen LogP contribution is -2.25. The van der Waals surface area contributed by atoms with Gasteiger partial charge in [0.15, 0.2) is 0 Å². The predicted molar refractivity (Wildman–Crippen MR) is 93.3 cm³/mol. The number of unbranched alkanes of at least 4 members (excludes halogenated alkanes) is 3. The molecule has 0 amide bonds. The van der Waals surface area contributed by atoms with Gasteiger partial charge in [0.1, 0.15) is 0 Å². The number of nitrogens with one attached hydrogen (secondary N) is 1. The summed E-state index contributed by atoms with van der Waals surface area (Å²) in [6.07, 6.45) is 9.21. The second-order valence-electron chi connectivity index (χ2n) is 5.72. The van der Waals surface area contributed by atoms with E-state index in [1.165, 1.54) is 55.0 Å². The average molecular weight is 340 g/mol. The van der Waals surface area contributed by atoms with E-state index in [9.17, 15) is 0 Å². The van der Waals surface area contributed by atoms with Gasteiger partial charge in [-0.25, -0.2) is 0 Å². The first-order valence-electron chi connectivity index (χ1n) is 8.22. The molecule has 1 aromatic carbocycles. The lowest BCUT2D eigenvalue weighted by atomic mass is 9.93. The summed E-state index contributed by atoms with van der Waals surface area (Å²) in [6.45, 7) is 6.81. The smallest absolute Gasteiger partial charge is 0.0207 e. The van der Waals surface area contributed by atoms with E-state index in [0.29, 0.717) is 0 Å². The second kappa shape index (κ2) is 11.3. The van der Waals surface area contributed by atoms with Crippen LogP contribution in [0.5, 0.6) is 0 Å². The molecule has 1 rings (SSSR count). The highest BCUT2D eigenvalue weighted by molar-refractivity contribution is 9.10. The quantitative estimate of drug-likeness (QED) is 0.519. The van der Waals surface area contributed by atoms with Gasteiger partial charge < -0.3 is 5.32 Å².